The van der Waals surface area contributed by atoms with E-state index in [1.165, 1.54) is 148 Å². The number of carbonyl (C=O) groups is 2. The van der Waals surface area contributed by atoms with Crippen molar-refractivity contribution in [1.29, 1.82) is 0 Å². The van der Waals surface area contributed by atoms with Crippen molar-refractivity contribution in [3.05, 3.63) is 0 Å². The molecule has 2 heterocycles. The van der Waals surface area contributed by atoms with Gasteiger partial charge in [-0.2, -0.15) is 12.6 Å². The van der Waals surface area contributed by atoms with E-state index in [1.54, 1.807) is 13.8 Å². The van der Waals surface area contributed by atoms with Gasteiger partial charge in [0, 0.05) is 6.42 Å². The second-order valence-corrected chi connectivity index (χ2v) is 21.8. The largest absolute Gasteiger partial charge is 0.455 e. The Hall–Kier alpha value is -1.07. The van der Waals surface area contributed by atoms with Crippen LogP contribution in [0.4, 0.5) is 0 Å². The van der Waals surface area contributed by atoms with E-state index in [4.69, 9.17) is 23.7 Å². The molecule has 0 saturated carbocycles. The summed E-state index contributed by atoms with van der Waals surface area (Å²) in [6.07, 6.45) is 21.5. The average molecular weight is 1020 g/mol. The van der Waals surface area contributed by atoms with Gasteiger partial charge >= 0.3 is 11.9 Å². The molecule has 2 rings (SSSR count). The Labute approximate surface area is 431 Å². The minimum atomic E-state index is -1.74. The molecule has 0 aromatic carbocycles. The molecule has 0 aliphatic carbocycles. The van der Waals surface area contributed by atoms with Crippen molar-refractivity contribution in [3.8, 4) is 0 Å². The first kappa shape index (κ1) is 65.0. The number of aliphatic hydroxyl groups excluding tert-OH is 6. The van der Waals surface area contributed by atoms with Crippen LogP contribution in [-0.4, -0.2) is 122 Å². The van der Waals surface area contributed by atoms with Crippen LogP contribution < -0.4 is 0 Å². The molecular weight excluding hydrogens is 913 g/mol. The predicted octanol–water partition coefficient (Wildman–Crippen LogP) is 10.8. The third-order valence-electron chi connectivity index (χ3n) is 15.0. The lowest BCUT2D eigenvalue weighted by Crippen LogP contribution is -2.65. The van der Waals surface area contributed by atoms with Crippen molar-refractivity contribution in [2.24, 2.45) is 17.8 Å². The topological polar surface area (TPSA) is 202 Å². The van der Waals surface area contributed by atoms with E-state index in [-0.39, 0.29) is 18.8 Å². The highest BCUT2D eigenvalue weighted by Gasteiger charge is 2.53. The third-order valence-corrected chi connectivity index (χ3v) is 15.3. The quantitative estimate of drug-likeness (QED) is 0.0173. The summed E-state index contributed by atoms with van der Waals surface area (Å²) in [7, 11) is 0. The van der Waals surface area contributed by atoms with E-state index in [0.29, 0.717) is 18.8 Å². The first-order valence-corrected chi connectivity index (χ1v) is 29.4. The number of rotatable bonds is 43. The first-order chi connectivity index (χ1) is 33.8. The molecule has 2 saturated heterocycles. The fourth-order valence-corrected chi connectivity index (χ4v) is 10.5. The van der Waals surface area contributed by atoms with Gasteiger partial charge in [0.05, 0.1) is 24.7 Å². The van der Waals surface area contributed by atoms with Crippen molar-refractivity contribution >= 4 is 24.6 Å². The maximum absolute atomic E-state index is 13.9. The van der Waals surface area contributed by atoms with Gasteiger partial charge in [0.1, 0.15) is 30.5 Å². The van der Waals surface area contributed by atoms with E-state index in [9.17, 15) is 40.2 Å². The number of hydrogen-bond donors (Lipinski definition) is 7. The van der Waals surface area contributed by atoms with Crippen molar-refractivity contribution in [2.45, 2.75) is 314 Å². The second-order valence-electron chi connectivity index (χ2n) is 21.4. The molecule has 2 fully saturated rings. The fourth-order valence-electron chi connectivity index (χ4n) is 10.3. The normalized spacial score (nSPS) is 26.7. The zero-order valence-corrected chi connectivity index (χ0v) is 45.7. The van der Waals surface area contributed by atoms with Crippen LogP contribution in [0.1, 0.15) is 247 Å². The molecule has 14 heteroatoms. The molecular formula is C56H106O13S. The lowest BCUT2D eigenvalue weighted by Gasteiger charge is -2.46. The van der Waals surface area contributed by atoms with Crippen LogP contribution in [0, 0.1) is 17.8 Å². The van der Waals surface area contributed by atoms with Crippen molar-refractivity contribution in [2.75, 3.05) is 12.4 Å². The molecule has 0 bridgehead atoms. The lowest BCUT2D eigenvalue weighted by molar-refractivity contribution is -0.375. The summed E-state index contributed by atoms with van der Waals surface area (Å²) < 4.78 is 29.5. The van der Waals surface area contributed by atoms with Gasteiger partial charge in [0.2, 0.25) is 6.29 Å². The Morgan fingerprint density at radius 3 is 1.47 bits per heavy atom. The van der Waals surface area contributed by atoms with Crippen molar-refractivity contribution in [1.82, 2.24) is 0 Å². The van der Waals surface area contributed by atoms with Crippen LogP contribution in [0.3, 0.4) is 0 Å². The molecule has 70 heavy (non-hydrogen) atoms. The molecule has 0 spiro atoms. The van der Waals surface area contributed by atoms with Gasteiger partial charge in [0.15, 0.2) is 18.5 Å². The molecule has 0 radical (unpaired) electrons. The summed E-state index contributed by atoms with van der Waals surface area (Å²) in [5, 5.41) is 65.1. The molecule has 0 aromatic heterocycles. The monoisotopic (exact) mass is 1020 g/mol. The Balaban J connectivity index is 1.92. The summed E-state index contributed by atoms with van der Waals surface area (Å²) in [5.41, 5.74) is 0. The number of thiol groups is 1. The van der Waals surface area contributed by atoms with Crippen LogP contribution in [0.2, 0.25) is 0 Å². The maximum Gasteiger partial charge on any atom is 0.311 e. The van der Waals surface area contributed by atoms with E-state index in [2.05, 4.69) is 26.5 Å². The molecule has 0 aromatic rings. The number of aliphatic hydroxyl groups is 6. The molecule has 414 valence electrons. The minimum absolute atomic E-state index is 0.0340. The lowest BCUT2D eigenvalue weighted by atomic mass is 9.85. The molecule has 13 nitrogen and oxygen atoms in total. The SMILES string of the molecule is CCCCCCCCCCCCCCCCCC[C@H](C)C[C@H](C)[C@@H](O)[C@H](C)C(=O)OC1[C@H](O)C(CO)O[C@H](O[C@H]2OC(CC)[C@@H](O)[C@@H](O)C2O)[C@H]1OC(=O)CCCCCCCCCCCCCCCS. The van der Waals surface area contributed by atoms with Gasteiger partial charge in [-0.3, -0.25) is 9.59 Å². The zero-order chi connectivity index (χ0) is 51.5. The molecule has 2 aliphatic rings. The molecule has 2 aliphatic heterocycles. The highest BCUT2D eigenvalue weighted by Crippen LogP contribution is 2.33. The van der Waals surface area contributed by atoms with Crippen LogP contribution >= 0.6 is 12.6 Å². The highest BCUT2D eigenvalue weighted by atomic mass is 32.1. The highest BCUT2D eigenvalue weighted by molar-refractivity contribution is 7.80. The van der Waals surface area contributed by atoms with Crippen LogP contribution in [0.25, 0.3) is 0 Å². The number of unbranched alkanes of at least 4 members (excludes halogenated alkanes) is 27. The van der Waals surface area contributed by atoms with Crippen LogP contribution in [0.5, 0.6) is 0 Å². The van der Waals surface area contributed by atoms with Gasteiger partial charge in [-0.1, -0.05) is 207 Å². The van der Waals surface area contributed by atoms with Gasteiger partial charge in [-0.25, -0.2) is 0 Å². The number of esters is 2. The molecule has 14 atom stereocenters. The summed E-state index contributed by atoms with van der Waals surface area (Å²) in [4.78, 5) is 27.4. The number of ether oxygens (including phenoxy) is 5. The smallest absolute Gasteiger partial charge is 0.311 e. The van der Waals surface area contributed by atoms with E-state index < -0.39 is 92.0 Å². The Morgan fingerprint density at radius 2 is 1.00 bits per heavy atom. The summed E-state index contributed by atoms with van der Waals surface area (Å²) in [5.74, 6) is -1.45. The molecule has 0 amide bonds. The predicted molar refractivity (Wildman–Crippen MR) is 280 cm³/mol. The Morgan fingerprint density at radius 1 is 0.543 bits per heavy atom. The van der Waals surface area contributed by atoms with E-state index >= 15 is 0 Å². The number of hydrogen-bond acceptors (Lipinski definition) is 14. The Bertz CT molecular complexity index is 1280. The van der Waals surface area contributed by atoms with Crippen molar-refractivity contribution in [3.63, 3.8) is 0 Å². The van der Waals surface area contributed by atoms with Gasteiger partial charge < -0.3 is 54.3 Å². The average Bonchev–Trinajstić information content (AvgIpc) is 3.35. The standard InChI is InChI=1S/C56H106O13S/c1-6-8-9-10-11-12-13-14-15-16-18-21-24-27-30-33-36-41(3)39-42(4)47(59)43(5)54(64)68-52-49(61)45(40-57)66-56(69-55-51(63)50(62)48(60)44(7-2)65-55)53(52)67-46(58)37-34-31-28-25-22-19-17-20-23-26-29-32-35-38-70/h41-45,47-53,55-57,59-63,70H,6-40H2,1-5H3/t41-,42-,43-,44?,45?,47+,48+,49+,50+,51?,52?,53-,55+,56+/m0/s1. The molecule has 4 unspecified atom stereocenters. The van der Waals surface area contributed by atoms with Gasteiger partial charge in [-0.05, 0) is 50.2 Å². The molecule has 6 N–H and O–H groups in total. The third kappa shape index (κ3) is 26.4. The second kappa shape index (κ2) is 40.3. The van der Waals surface area contributed by atoms with Gasteiger partial charge in [0.25, 0.3) is 0 Å². The first-order valence-electron chi connectivity index (χ1n) is 28.8. The summed E-state index contributed by atoms with van der Waals surface area (Å²) in [6.45, 7) is 8.91. The van der Waals surface area contributed by atoms with Crippen LogP contribution in [0.15, 0.2) is 0 Å². The Kier molecular flexibility index (Phi) is 37.4. The summed E-state index contributed by atoms with van der Waals surface area (Å²) >= 11 is 4.28. The number of carbonyl (C=O) groups excluding carboxylic acids is 2. The fraction of sp³-hybridized carbons (Fsp3) is 0.964. The van der Waals surface area contributed by atoms with E-state index in [1.807, 2.05) is 6.92 Å². The van der Waals surface area contributed by atoms with Crippen LogP contribution in [-0.2, 0) is 33.3 Å². The maximum atomic E-state index is 13.9. The van der Waals surface area contributed by atoms with E-state index in [0.717, 1.165) is 44.3 Å². The van der Waals surface area contributed by atoms with Crippen molar-refractivity contribution < 1.29 is 63.9 Å². The van der Waals surface area contributed by atoms with Gasteiger partial charge in [-0.15, -0.1) is 0 Å². The zero-order valence-electron chi connectivity index (χ0n) is 44.8. The summed E-state index contributed by atoms with van der Waals surface area (Å²) in [6, 6.07) is 0. The minimum Gasteiger partial charge on any atom is -0.455 e.